The van der Waals surface area contributed by atoms with Crippen LogP contribution in [0.4, 0.5) is 5.82 Å². The minimum atomic E-state index is 0.544. The van der Waals surface area contributed by atoms with Crippen LogP contribution in [0.25, 0.3) is 0 Å². The van der Waals surface area contributed by atoms with E-state index in [1.54, 1.807) is 0 Å². The van der Waals surface area contributed by atoms with Gasteiger partial charge in [-0.15, -0.1) is 0 Å². The molecule has 1 aromatic carbocycles. The van der Waals surface area contributed by atoms with Gasteiger partial charge in [0.25, 0.3) is 0 Å². The molecular weight excluding hydrogens is 222 g/mol. The van der Waals surface area contributed by atoms with Gasteiger partial charge in [-0.25, -0.2) is 4.98 Å². The first-order valence-corrected chi connectivity index (χ1v) is 6.26. The fourth-order valence-electron chi connectivity index (χ4n) is 2.58. The molecule has 0 atom stereocenters. The molecule has 0 saturated carbocycles. The van der Waals surface area contributed by atoms with Crippen LogP contribution < -0.4 is 10.6 Å². The molecular formula is C15H17N3. The Labute approximate surface area is 107 Å². The number of nitrogens with zero attached hydrogens (tertiary/aromatic N) is 2. The lowest BCUT2D eigenvalue weighted by Gasteiger charge is -2.20. The maximum absolute atomic E-state index is 5.86. The van der Waals surface area contributed by atoms with Crippen molar-refractivity contribution < 1.29 is 0 Å². The zero-order valence-corrected chi connectivity index (χ0v) is 10.6. The molecule has 3 heteroatoms. The quantitative estimate of drug-likeness (QED) is 0.874. The van der Waals surface area contributed by atoms with Gasteiger partial charge >= 0.3 is 0 Å². The van der Waals surface area contributed by atoms with E-state index < -0.39 is 0 Å². The van der Waals surface area contributed by atoms with Crippen molar-refractivity contribution in [3.63, 3.8) is 0 Å². The van der Waals surface area contributed by atoms with E-state index in [1.165, 1.54) is 16.7 Å². The van der Waals surface area contributed by atoms with Crippen LogP contribution in [0.5, 0.6) is 0 Å². The molecule has 1 aliphatic heterocycles. The van der Waals surface area contributed by atoms with Crippen molar-refractivity contribution >= 4 is 5.82 Å². The molecule has 0 aliphatic carbocycles. The van der Waals surface area contributed by atoms with E-state index in [0.29, 0.717) is 6.54 Å². The normalized spacial score (nSPS) is 13.8. The number of hydrogen-bond donors (Lipinski definition) is 1. The number of fused-ring (bicyclic) bond motifs is 1. The maximum Gasteiger partial charge on any atom is 0.133 e. The molecule has 0 amide bonds. The number of anilines is 1. The van der Waals surface area contributed by atoms with Crippen molar-refractivity contribution in [1.29, 1.82) is 0 Å². The number of benzene rings is 1. The number of aromatic nitrogens is 1. The van der Waals surface area contributed by atoms with E-state index in [2.05, 4.69) is 41.1 Å². The lowest BCUT2D eigenvalue weighted by atomic mass is 10.1. The van der Waals surface area contributed by atoms with Crippen molar-refractivity contribution in [2.24, 2.45) is 5.73 Å². The first-order chi connectivity index (χ1) is 8.79. The Hall–Kier alpha value is -1.87. The average molecular weight is 239 g/mol. The van der Waals surface area contributed by atoms with Gasteiger partial charge in [-0.05, 0) is 29.7 Å². The lowest BCUT2D eigenvalue weighted by Crippen LogP contribution is -2.19. The van der Waals surface area contributed by atoms with Gasteiger partial charge in [0.1, 0.15) is 5.82 Å². The van der Waals surface area contributed by atoms with E-state index in [9.17, 15) is 0 Å². The fourth-order valence-corrected chi connectivity index (χ4v) is 2.58. The zero-order chi connectivity index (χ0) is 12.5. The number of nitrogens with two attached hydrogens (primary N) is 1. The first-order valence-electron chi connectivity index (χ1n) is 6.26. The van der Waals surface area contributed by atoms with E-state index in [1.807, 2.05) is 12.3 Å². The highest BCUT2D eigenvalue weighted by Crippen LogP contribution is 2.29. The number of aryl methyl sites for hydroxylation is 1. The number of pyridine rings is 1. The van der Waals surface area contributed by atoms with Crippen molar-refractivity contribution in [2.45, 2.75) is 26.6 Å². The van der Waals surface area contributed by atoms with Crippen LogP contribution in [0.2, 0.25) is 0 Å². The lowest BCUT2D eigenvalue weighted by molar-refractivity contribution is 0.836. The van der Waals surface area contributed by atoms with Gasteiger partial charge in [-0.1, -0.05) is 24.3 Å². The minimum Gasteiger partial charge on any atom is -0.348 e. The van der Waals surface area contributed by atoms with Crippen LogP contribution >= 0.6 is 0 Å². The largest absolute Gasteiger partial charge is 0.348 e. The summed E-state index contributed by atoms with van der Waals surface area (Å²) in [6.07, 6.45) is 1.87. The van der Waals surface area contributed by atoms with Gasteiger partial charge in [0.15, 0.2) is 0 Å². The average Bonchev–Trinajstić information content (AvgIpc) is 2.82. The molecule has 0 saturated heterocycles. The Morgan fingerprint density at radius 1 is 1.17 bits per heavy atom. The van der Waals surface area contributed by atoms with E-state index >= 15 is 0 Å². The second-order valence-corrected chi connectivity index (χ2v) is 4.76. The predicted octanol–water partition coefficient (Wildman–Crippen LogP) is 2.37. The van der Waals surface area contributed by atoms with Gasteiger partial charge in [-0.3, -0.25) is 0 Å². The Morgan fingerprint density at radius 3 is 2.44 bits per heavy atom. The van der Waals surface area contributed by atoms with Gasteiger partial charge in [0.2, 0.25) is 0 Å². The highest BCUT2D eigenvalue weighted by atomic mass is 15.2. The molecule has 3 rings (SSSR count). The third-order valence-corrected chi connectivity index (χ3v) is 3.61. The molecule has 0 unspecified atom stereocenters. The first kappa shape index (κ1) is 11.2. The fraction of sp³-hybridized carbons (Fsp3) is 0.267. The van der Waals surface area contributed by atoms with Crippen LogP contribution in [0.15, 0.2) is 36.5 Å². The second-order valence-electron chi connectivity index (χ2n) is 4.76. The Kier molecular flexibility index (Phi) is 2.76. The molecule has 2 heterocycles. The molecule has 2 aromatic rings. The van der Waals surface area contributed by atoms with Gasteiger partial charge in [0, 0.05) is 31.4 Å². The number of hydrogen-bond acceptors (Lipinski definition) is 3. The molecule has 0 spiro atoms. The van der Waals surface area contributed by atoms with Crippen molar-refractivity contribution in [2.75, 3.05) is 4.90 Å². The molecule has 0 fully saturated rings. The molecule has 0 radical (unpaired) electrons. The summed E-state index contributed by atoms with van der Waals surface area (Å²) in [5, 5.41) is 0. The molecule has 18 heavy (non-hydrogen) atoms. The third-order valence-electron chi connectivity index (χ3n) is 3.61. The van der Waals surface area contributed by atoms with Crippen molar-refractivity contribution in [3.8, 4) is 0 Å². The molecule has 3 nitrogen and oxygen atoms in total. The molecule has 1 aliphatic rings. The Morgan fingerprint density at radius 2 is 1.83 bits per heavy atom. The number of rotatable bonds is 2. The molecule has 1 aromatic heterocycles. The standard InChI is InChI=1S/C15H17N3/c1-11-6-7-17-15(14(11)8-16)18-9-12-4-2-3-5-13(12)10-18/h2-7H,8-10,16H2,1H3. The van der Waals surface area contributed by atoms with Crippen molar-refractivity contribution in [3.05, 3.63) is 58.8 Å². The van der Waals surface area contributed by atoms with Gasteiger partial charge in [-0.2, -0.15) is 0 Å². The van der Waals surface area contributed by atoms with Gasteiger partial charge < -0.3 is 10.6 Å². The summed E-state index contributed by atoms with van der Waals surface area (Å²) in [5.41, 5.74) is 11.0. The predicted molar refractivity (Wildman–Crippen MR) is 73.2 cm³/mol. The van der Waals surface area contributed by atoms with Crippen LogP contribution in [0.1, 0.15) is 22.3 Å². The van der Waals surface area contributed by atoms with Crippen LogP contribution in [-0.2, 0) is 19.6 Å². The van der Waals surface area contributed by atoms with Crippen LogP contribution in [0, 0.1) is 6.92 Å². The molecule has 2 N–H and O–H groups in total. The summed E-state index contributed by atoms with van der Waals surface area (Å²) in [6.45, 7) is 4.50. The summed E-state index contributed by atoms with van der Waals surface area (Å²) in [5.74, 6) is 1.04. The summed E-state index contributed by atoms with van der Waals surface area (Å²) in [6, 6.07) is 10.6. The van der Waals surface area contributed by atoms with Crippen LogP contribution in [0.3, 0.4) is 0 Å². The zero-order valence-electron chi connectivity index (χ0n) is 10.6. The van der Waals surface area contributed by atoms with E-state index in [-0.39, 0.29) is 0 Å². The van der Waals surface area contributed by atoms with E-state index in [0.717, 1.165) is 24.5 Å². The smallest absolute Gasteiger partial charge is 0.133 e. The van der Waals surface area contributed by atoms with Gasteiger partial charge in [0.05, 0.1) is 0 Å². The third kappa shape index (κ3) is 1.77. The monoisotopic (exact) mass is 239 g/mol. The van der Waals surface area contributed by atoms with Crippen molar-refractivity contribution in [1.82, 2.24) is 4.98 Å². The van der Waals surface area contributed by atoms with E-state index in [4.69, 9.17) is 5.73 Å². The SMILES string of the molecule is Cc1ccnc(N2Cc3ccccc3C2)c1CN. The topological polar surface area (TPSA) is 42.2 Å². The second kappa shape index (κ2) is 4.42. The highest BCUT2D eigenvalue weighted by Gasteiger charge is 2.21. The summed E-state index contributed by atoms with van der Waals surface area (Å²) in [4.78, 5) is 6.83. The van der Waals surface area contributed by atoms with Crippen LogP contribution in [-0.4, -0.2) is 4.98 Å². The maximum atomic E-state index is 5.86. The Bertz CT molecular complexity index is 553. The summed E-state index contributed by atoms with van der Waals surface area (Å²) in [7, 11) is 0. The highest BCUT2D eigenvalue weighted by molar-refractivity contribution is 5.54. The summed E-state index contributed by atoms with van der Waals surface area (Å²) < 4.78 is 0. The summed E-state index contributed by atoms with van der Waals surface area (Å²) >= 11 is 0. The minimum absolute atomic E-state index is 0.544. The molecule has 0 bridgehead atoms. The molecule has 92 valence electrons. The Balaban J connectivity index is 1.97.